The van der Waals surface area contributed by atoms with E-state index in [2.05, 4.69) is 15.3 Å². The Morgan fingerprint density at radius 3 is 2.76 bits per heavy atom. The molecule has 0 unspecified atom stereocenters. The molecule has 2 aromatic carbocycles. The fourth-order valence-corrected chi connectivity index (χ4v) is 2.24. The van der Waals surface area contributed by atoms with Gasteiger partial charge in [-0.3, -0.25) is 4.98 Å². The van der Waals surface area contributed by atoms with Crippen LogP contribution in [0.3, 0.4) is 0 Å². The molecule has 0 aliphatic heterocycles. The van der Waals surface area contributed by atoms with Gasteiger partial charge >= 0.3 is 0 Å². The summed E-state index contributed by atoms with van der Waals surface area (Å²) in [5.41, 5.74) is 3.59. The summed E-state index contributed by atoms with van der Waals surface area (Å²) < 4.78 is 5.20. The van der Waals surface area contributed by atoms with Gasteiger partial charge in [0.1, 0.15) is 5.75 Å². The van der Waals surface area contributed by atoms with E-state index in [1.165, 1.54) is 0 Å². The van der Waals surface area contributed by atoms with Crippen LogP contribution in [-0.2, 0) is 6.54 Å². The van der Waals surface area contributed by atoms with Crippen molar-refractivity contribution in [2.75, 3.05) is 12.4 Å². The first kappa shape index (κ1) is 13.6. The third kappa shape index (κ3) is 3.06. The lowest BCUT2D eigenvalue weighted by atomic mass is 10.2. The molecule has 3 rings (SSSR count). The second kappa shape index (κ2) is 5.97. The summed E-state index contributed by atoms with van der Waals surface area (Å²) >= 11 is 6.00. The Bertz CT molecular complexity index is 776. The molecular formula is C16H14ClN3O. The molecule has 0 aliphatic carbocycles. The molecule has 0 amide bonds. The second-order valence-electron chi connectivity index (χ2n) is 4.55. The highest BCUT2D eigenvalue weighted by Gasteiger charge is 2.03. The number of anilines is 1. The lowest BCUT2D eigenvalue weighted by Crippen LogP contribution is -2.02. The van der Waals surface area contributed by atoms with Gasteiger partial charge in [0.25, 0.3) is 0 Å². The zero-order valence-corrected chi connectivity index (χ0v) is 12.3. The van der Waals surface area contributed by atoms with E-state index in [4.69, 9.17) is 16.3 Å². The van der Waals surface area contributed by atoms with E-state index in [1.807, 2.05) is 36.4 Å². The van der Waals surface area contributed by atoms with Crippen molar-refractivity contribution in [3.8, 4) is 5.75 Å². The van der Waals surface area contributed by atoms with Crippen molar-refractivity contribution in [3.05, 3.63) is 59.4 Å². The Morgan fingerprint density at radius 1 is 1.14 bits per heavy atom. The lowest BCUT2D eigenvalue weighted by molar-refractivity contribution is 0.415. The highest BCUT2D eigenvalue weighted by atomic mass is 35.5. The number of nitrogens with zero attached hydrogens (tertiary/aromatic N) is 2. The van der Waals surface area contributed by atoms with Crippen LogP contribution in [0.2, 0.25) is 5.02 Å². The van der Waals surface area contributed by atoms with E-state index in [0.29, 0.717) is 17.3 Å². The zero-order chi connectivity index (χ0) is 14.7. The number of para-hydroxylation sites is 2. The van der Waals surface area contributed by atoms with E-state index in [1.54, 1.807) is 19.4 Å². The average molecular weight is 300 g/mol. The summed E-state index contributed by atoms with van der Waals surface area (Å²) in [5, 5.41) is 3.88. The van der Waals surface area contributed by atoms with Crippen LogP contribution in [0.25, 0.3) is 11.0 Å². The van der Waals surface area contributed by atoms with Gasteiger partial charge in [0, 0.05) is 11.8 Å². The van der Waals surface area contributed by atoms with Crippen molar-refractivity contribution in [1.82, 2.24) is 9.97 Å². The number of hydrogen-bond donors (Lipinski definition) is 1. The van der Waals surface area contributed by atoms with Crippen LogP contribution in [0.15, 0.2) is 48.7 Å². The number of hydrogen-bond acceptors (Lipinski definition) is 4. The van der Waals surface area contributed by atoms with Gasteiger partial charge in [0.2, 0.25) is 0 Å². The standard InChI is InChI=1S/C16H14ClN3O/c1-21-16-8-11(6-7-13(16)17)18-9-12-10-19-14-4-2-3-5-15(14)20-12/h2-8,10,18H,9H2,1H3. The first-order chi connectivity index (χ1) is 10.3. The molecular weight excluding hydrogens is 286 g/mol. The quantitative estimate of drug-likeness (QED) is 0.793. The molecule has 4 nitrogen and oxygen atoms in total. The van der Waals surface area contributed by atoms with E-state index in [0.717, 1.165) is 22.4 Å². The van der Waals surface area contributed by atoms with Crippen molar-refractivity contribution in [2.24, 2.45) is 0 Å². The summed E-state index contributed by atoms with van der Waals surface area (Å²) in [4.78, 5) is 8.96. The molecule has 1 aromatic heterocycles. The van der Waals surface area contributed by atoms with Gasteiger partial charge < -0.3 is 10.1 Å². The molecule has 0 saturated carbocycles. The SMILES string of the molecule is COc1cc(NCc2cnc3ccccc3n2)ccc1Cl. The van der Waals surface area contributed by atoms with Crippen LogP contribution in [0.4, 0.5) is 5.69 Å². The van der Waals surface area contributed by atoms with Crippen molar-refractivity contribution >= 4 is 28.3 Å². The Morgan fingerprint density at radius 2 is 1.95 bits per heavy atom. The number of rotatable bonds is 4. The number of ether oxygens (including phenoxy) is 1. The van der Waals surface area contributed by atoms with Crippen molar-refractivity contribution < 1.29 is 4.74 Å². The number of aromatic nitrogens is 2. The highest BCUT2D eigenvalue weighted by Crippen LogP contribution is 2.27. The van der Waals surface area contributed by atoms with Crippen molar-refractivity contribution in [1.29, 1.82) is 0 Å². The van der Waals surface area contributed by atoms with Crippen LogP contribution in [0, 0.1) is 0 Å². The maximum Gasteiger partial charge on any atom is 0.139 e. The predicted molar refractivity (Wildman–Crippen MR) is 84.9 cm³/mol. The monoisotopic (exact) mass is 299 g/mol. The Balaban J connectivity index is 1.76. The van der Waals surface area contributed by atoms with Crippen LogP contribution in [0.5, 0.6) is 5.75 Å². The van der Waals surface area contributed by atoms with E-state index < -0.39 is 0 Å². The third-order valence-corrected chi connectivity index (χ3v) is 3.44. The van der Waals surface area contributed by atoms with Crippen molar-refractivity contribution in [2.45, 2.75) is 6.54 Å². The molecule has 0 fully saturated rings. The summed E-state index contributed by atoms with van der Waals surface area (Å²) in [7, 11) is 1.60. The molecule has 0 atom stereocenters. The van der Waals surface area contributed by atoms with Crippen LogP contribution >= 0.6 is 11.6 Å². The first-order valence-electron chi connectivity index (χ1n) is 6.54. The van der Waals surface area contributed by atoms with Gasteiger partial charge in [-0.25, -0.2) is 4.98 Å². The largest absolute Gasteiger partial charge is 0.495 e. The van der Waals surface area contributed by atoms with E-state index in [9.17, 15) is 0 Å². The second-order valence-corrected chi connectivity index (χ2v) is 4.96. The molecule has 0 spiro atoms. The zero-order valence-electron chi connectivity index (χ0n) is 11.5. The minimum atomic E-state index is 0.586. The van der Waals surface area contributed by atoms with Gasteiger partial charge in [-0.2, -0.15) is 0 Å². The molecule has 0 radical (unpaired) electrons. The van der Waals surface area contributed by atoms with Crippen LogP contribution < -0.4 is 10.1 Å². The normalized spacial score (nSPS) is 10.6. The minimum absolute atomic E-state index is 0.586. The average Bonchev–Trinajstić information content (AvgIpc) is 2.54. The molecule has 5 heteroatoms. The lowest BCUT2D eigenvalue weighted by Gasteiger charge is -2.09. The number of methoxy groups -OCH3 is 1. The summed E-state index contributed by atoms with van der Waals surface area (Å²) in [6, 6.07) is 13.4. The predicted octanol–water partition coefficient (Wildman–Crippen LogP) is 3.90. The highest BCUT2D eigenvalue weighted by molar-refractivity contribution is 6.32. The fourth-order valence-electron chi connectivity index (χ4n) is 2.04. The maximum absolute atomic E-state index is 6.00. The van der Waals surface area contributed by atoms with Crippen LogP contribution in [0.1, 0.15) is 5.69 Å². The van der Waals surface area contributed by atoms with Gasteiger partial charge in [0.15, 0.2) is 0 Å². The fraction of sp³-hybridized carbons (Fsp3) is 0.125. The maximum atomic E-state index is 6.00. The van der Waals surface area contributed by atoms with Gasteiger partial charge in [-0.1, -0.05) is 23.7 Å². The summed E-state index contributed by atoms with van der Waals surface area (Å²) in [6.07, 6.45) is 1.78. The van der Waals surface area contributed by atoms with E-state index >= 15 is 0 Å². The number of fused-ring (bicyclic) bond motifs is 1. The van der Waals surface area contributed by atoms with Gasteiger partial charge in [-0.05, 0) is 24.3 Å². The van der Waals surface area contributed by atoms with Gasteiger partial charge in [-0.15, -0.1) is 0 Å². The topological polar surface area (TPSA) is 47.0 Å². The summed E-state index contributed by atoms with van der Waals surface area (Å²) in [6.45, 7) is 0.586. The van der Waals surface area contributed by atoms with Crippen molar-refractivity contribution in [3.63, 3.8) is 0 Å². The minimum Gasteiger partial charge on any atom is -0.495 e. The molecule has 0 aliphatic rings. The Labute approximate surface area is 127 Å². The van der Waals surface area contributed by atoms with Gasteiger partial charge in [0.05, 0.1) is 41.6 Å². The molecule has 0 bridgehead atoms. The van der Waals surface area contributed by atoms with E-state index in [-0.39, 0.29) is 0 Å². The molecule has 3 aromatic rings. The molecule has 1 heterocycles. The molecule has 1 N–H and O–H groups in total. The van der Waals surface area contributed by atoms with Crippen LogP contribution in [-0.4, -0.2) is 17.1 Å². The number of benzene rings is 2. The third-order valence-electron chi connectivity index (χ3n) is 3.12. The molecule has 106 valence electrons. The number of halogens is 1. The Kier molecular flexibility index (Phi) is 3.88. The first-order valence-corrected chi connectivity index (χ1v) is 6.92. The Hall–Kier alpha value is -2.33. The molecule has 0 saturated heterocycles. The summed E-state index contributed by atoms with van der Waals surface area (Å²) in [5.74, 6) is 0.645. The smallest absolute Gasteiger partial charge is 0.139 e. The number of nitrogens with one attached hydrogen (secondary N) is 1. The molecule has 21 heavy (non-hydrogen) atoms.